The lowest BCUT2D eigenvalue weighted by atomic mass is 10.1. The first kappa shape index (κ1) is 23.7. The molecule has 0 spiro atoms. The molecule has 172 valence electrons. The number of hydrogen-bond acceptors (Lipinski definition) is 5. The van der Waals surface area contributed by atoms with Crippen LogP contribution < -0.4 is 15.5 Å². The Morgan fingerprint density at radius 2 is 1.73 bits per heavy atom. The van der Waals surface area contributed by atoms with Gasteiger partial charge in [0.15, 0.2) is 0 Å². The number of hydrogen-bond donors (Lipinski definition) is 2. The number of benzene rings is 2. The summed E-state index contributed by atoms with van der Waals surface area (Å²) in [6, 6.07) is 15.5. The quantitative estimate of drug-likeness (QED) is 0.445. The number of carbonyl (C=O) groups excluding carboxylic acids is 3. The smallest absolute Gasteiger partial charge is 0.350 e. The summed E-state index contributed by atoms with van der Waals surface area (Å²) in [6.07, 6.45) is 0.184. The van der Waals surface area contributed by atoms with Crippen LogP contribution in [0, 0.1) is 6.92 Å². The van der Waals surface area contributed by atoms with Crippen molar-refractivity contribution >= 4 is 40.2 Å². The van der Waals surface area contributed by atoms with Gasteiger partial charge in [-0.2, -0.15) is 0 Å². The normalized spacial score (nSPS) is 12.0. The first-order chi connectivity index (χ1) is 15.5. The third-order valence-electron chi connectivity index (χ3n) is 4.64. The van der Waals surface area contributed by atoms with Crippen LogP contribution in [0.2, 0.25) is 0 Å². The Balaban J connectivity index is 2.01. The van der Waals surface area contributed by atoms with E-state index < -0.39 is 29.7 Å². The molecular weight excluding hydrogens is 420 g/mol. The highest BCUT2D eigenvalue weighted by molar-refractivity contribution is 6.06. The summed E-state index contributed by atoms with van der Waals surface area (Å²) in [5, 5.41) is 6.09. The van der Waals surface area contributed by atoms with Gasteiger partial charge in [0.05, 0.1) is 11.2 Å². The number of rotatable bonds is 5. The van der Waals surface area contributed by atoms with Crippen LogP contribution in [0.5, 0.6) is 0 Å². The van der Waals surface area contributed by atoms with Gasteiger partial charge in [-0.25, -0.2) is 9.59 Å². The van der Waals surface area contributed by atoms with Gasteiger partial charge in [0, 0.05) is 24.2 Å². The van der Waals surface area contributed by atoms with Crippen molar-refractivity contribution in [3.8, 4) is 0 Å². The van der Waals surface area contributed by atoms with Gasteiger partial charge < -0.3 is 15.4 Å². The maximum absolute atomic E-state index is 13.2. The van der Waals surface area contributed by atoms with E-state index in [1.807, 2.05) is 25.1 Å². The van der Waals surface area contributed by atoms with Crippen LogP contribution >= 0.6 is 0 Å². The molecule has 0 saturated heterocycles. The number of urea groups is 1. The van der Waals surface area contributed by atoms with E-state index in [9.17, 15) is 14.4 Å². The Bertz CT molecular complexity index is 1180. The molecule has 0 aliphatic heterocycles. The number of fused-ring (bicyclic) bond motifs is 1. The molecule has 0 bridgehead atoms. The van der Waals surface area contributed by atoms with Crippen LogP contribution in [-0.2, 0) is 14.3 Å². The summed E-state index contributed by atoms with van der Waals surface area (Å²) < 4.78 is 5.54. The summed E-state index contributed by atoms with van der Waals surface area (Å²) in [7, 11) is 0. The van der Waals surface area contributed by atoms with Crippen molar-refractivity contribution in [3.05, 3.63) is 66.4 Å². The van der Waals surface area contributed by atoms with Gasteiger partial charge in [0.1, 0.15) is 5.60 Å². The van der Waals surface area contributed by atoms with Gasteiger partial charge in [-0.3, -0.25) is 14.7 Å². The molecule has 2 N–H and O–H groups in total. The molecule has 3 aromatic rings. The number of nitrogens with zero attached hydrogens (tertiary/aromatic N) is 2. The van der Waals surface area contributed by atoms with E-state index in [0.717, 1.165) is 10.9 Å². The number of para-hydroxylation sites is 1. The molecule has 2 aromatic carbocycles. The van der Waals surface area contributed by atoms with Crippen LogP contribution in [0.1, 0.15) is 33.3 Å². The van der Waals surface area contributed by atoms with Crippen LogP contribution in [0.3, 0.4) is 0 Å². The molecule has 8 heteroatoms. The van der Waals surface area contributed by atoms with Crippen molar-refractivity contribution in [1.29, 1.82) is 0 Å². The van der Waals surface area contributed by atoms with Gasteiger partial charge in [0.2, 0.25) is 12.1 Å². The summed E-state index contributed by atoms with van der Waals surface area (Å²) in [5.74, 6) is -1.23. The van der Waals surface area contributed by atoms with Gasteiger partial charge in [0.25, 0.3) is 0 Å². The van der Waals surface area contributed by atoms with Crippen molar-refractivity contribution in [2.45, 2.75) is 46.4 Å². The minimum atomic E-state index is -1.42. The molecule has 0 aliphatic rings. The van der Waals surface area contributed by atoms with Crippen LogP contribution in [0.4, 0.5) is 16.2 Å². The van der Waals surface area contributed by atoms with E-state index in [-0.39, 0.29) is 0 Å². The van der Waals surface area contributed by atoms with E-state index in [1.54, 1.807) is 63.4 Å². The third-order valence-corrected chi connectivity index (χ3v) is 4.64. The molecule has 0 fully saturated rings. The predicted molar refractivity (Wildman–Crippen MR) is 128 cm³/mol. The molecule has 1 heterocycles. The minimum Gasteiger partial charge on any atom is -0.457 e. The van der Waals surface area contributed by atoms with E-state index in [1.165, 1.54) is 11.8 Å². The highest BCUT2D eigenvalue weighted by Crippen LogP contribution is 2.27. The molecular formula is C25H28N4O4. The summed E-state index contributed by atoms with van der Waals surface area (Å²) in [4.78, 5) is 44.4. The van der Waals surface area contributed by atoms with Gasteiger partial charge in [-0.05, 0) is 57.5 Å². The standard InChI is InChI=1S/C25H28N4O4/c1-16-9-6-12-19(15-16)27-24(32)28-22(23(31)33-25(3,4)5)29(17(2)30)20-13-7-10-18-11-8-14-26-21(18)20/h6-15,22H,1-5H3,(H2,27,28,32). The predicted octanol–water partition coefficient (Wildman–Crippen LogP) is 4.39. The number of ether oxygens (including phenoxy) is 1. The number of pyridine rings is 1. The Hall–Kier alpha value is -3.94. The Morgan fingerprint density at radius 3 is 2.39 bits per heavy atom. The molecule has 3 amide bonds. The summed E-state index contributed by atoms with van der Waals surface area (Å²) >= 11 is 0. The van der Waals surface area contributed by atoms with Crippen molar-refractivity contribution in [3.63, 3.8) is 0 Å². The van der Waals surface area contributed by atoms with Gasteiger partial charge >= 0.3 is 12.0 Å². The van der Waals surface area contributed by atoms with Gasteiger partial charge in [-0.1, -0.05) is 30.3 Å². The molecule has 1 atom stereocenters. The fourth-order valence-electron chi connectivity index (χ4n) is 3.37. The Kier molecular flexibility index (Phi) is 6.96. The number of amides is 3. The maximum atomic E-state index is 13.2. The fourth-order valence-corrected chi connectivity index (χ4v) is 3.37. The SMILES string of the molecule is CC(=O)N(c1cccc2cccnc12)C(NC(=O)Nc1cccc(C)c1)C(=O)OC(C)(C)C. The van der Waals surface area contributed by atoms with Crippen molar-refractivity contribution in [1.82, 2.24) is 10.3 Å². The number of anilines is 2. The van der Waals surface area contributed by atoms with Crippen LogP contribution in [0.15, 0.2) is 60.8 Å². The van der Waals surface area contributed by atoms with Gasteiger partial charge in [-0.15, -0.1) is 0 Å². The third kappa shape index (κ3) is 6.06. The molecule has 1 unspecified atom stereocenters. The molecule has 33 heavy (non-hydrogen) atoms. The second kappa shape index (κ2) is 9.68. The zero-order valence-electron chi connectivity index (χ0n) is 19.4. The zero-order chi connectivity index (χ0) is 24.2. The summed E-state index contributed by atoms with van der Waals surface area (Å²) in [5.41, 5.74) is 1.58. The lowest BCUT2D eigenvalue weighted by Crippen LogP contribution is -2.57. The van der Waals surface area contributed by atoms with Crippen LogP contribution in [0.25, 0.3) is 10.9 Å². The topological polar surface area (TPSA) is 101 Å². The number of esters is 1. The number of nitrogens with one attached hydrogen (secondary N) is 2. The zero-order valence-corrected chi connectivity index (χ0v) is 19.4. The molecule has 3 rings (SSSR count). The minimum absolute atomic E-state index is 0.382. The average molecular weight is 449 g/mol. The van der Waals surface area contributed by atoms with Crippen molar-refractivity contribution in [2.75, 3.05) is 10.2 Å². The molecule has 0 saturated carbocycles. The van der Waals surface area contributed by atoms with E-state index in [4.69, 9.17) is 4.74 Å². The second-order valence-electron chi connectivity index (χ2n) is 8.65. The first-order valence-electron chi connectivity index (χ1n) is 10.6. The summed E-state index contributed by atoms with van der Waals surface area (Å²) in [6.45, 7) is 8.36. The monoisotopic (exact) mass is 448 g/mol. The Labute approximate surface area is 192 Å². The number of carbonyl (C=O) groups is 3. The average Bonchev–Trinajstić information content (AvgIpc) is 2.72. The van der Waals surface area contributed by atoms with E-state index in [0.29, 0.717) is 16.9 Å². The highest BCUT2D eigenvalue weighted by atomic mass is 16.6. The van der Waals surface area contributed by atoms with E-state index >= 15 is 0 Å². The molecule has 8 nitrogen and oxygen atoms in total. The second-order valence-corrected chi connectivity index (χ2v) is 8.65. The highest BCUT2D eigenvalue weighted by Gasteiger charge is 2.35. The Morgan fingerprint density at radius 1 is 1.03 bits per heavy atom. The molecule has 0 aliphatic carbocycles. The fraction of sp³-hybridized carbons (Fsp3) is 0.280. The lowest BCUT2D eigenvalue weighted by molar-refractivity contribution is -0.157. The first-order valence-corrected chi connectivity index (χ1v) is 10.6. The van der Waals surface area contributed by atoms with Crippen molar-refractivity contribution in [2.24, 2.45) is 0 Å². The largest absolute Gasteiger partial charge is 0.457 e. The van der Waals surface area contributed by atoms with E-state index in [2.05, 4.69) is 15.6 Å². The van der Waals surface area contributed by atoms with Crippen LogP contribution in [-0.4, -0.2) is 34.7 Å². The number of aromatic nitrogens is 1. The lowest BCUT2D eigenvalue weighted by Gasteiger charge is -2.32. The molecule has 1 aromatic heterocycles. The molecule has 0 radical (unpaired) electrons. The van der Waals surface area contributed by atoms with Crippen molar-refractivity contribution < 1.29 is 19.1 Å². The number of aryl methyl sites for hydroxylation is 1. The maximum Gasteiger partial charge on any atom is 0.350 e.